The van der Waals surface area contributed by atoms with Crippen molar-refractivity contribution < 1.29 is 14.4 Å². The zero-order chi connectivity index (χ0) is 12.6. The Balaban J connectivity index is 2.61. The number of carbonyl (C=O) groups is 3. The maximum Gasteiger partial charge on any atom is 0.245 e. The first-order valence-electron chi connectivity index (χ1n) is 5.53. The summed E-state index contributed by atoms with van der Waals surface area (Å²) in [4.78, 5) is 37.0. The van der Waals surface area contributed by atoms with Crippen LogP contribution in [0.3, 0.4) is 0 Å². The Morgan fingerprint density at radius 1 is 1.29 bits per heavy atom. The molecule has 1 aliphatic heterocycles. The maximum absolute atomic E-state index is 12.1. The molecule has 0 spiro atoms. The van der Waals surface area contributed by atoms with E-state index in [2.05, 4.69) is 0 Å². The average Bonchev–Trinajstić information content (AvgIpc) is 2.29. The second-order valence-corrected chi connectivity index (χ2v) is 4.01. The topological polar surface area (TPSA) is 54.5 Å². The number of para-hydroxylation sites is 1. The Kier molecular flexibility index (Phi) is 2.79. The van der Waals surface area contributed by atoms with Gasteiger partial charge in [0, 0.05) is 12.1 Å². The van der Waals surface area contributed by atoms with E-state index in [1.54, 1.807) is 24.3 Å². The zero-order valence-electron chi connectivity index (χ0n) is 9.77. The molecule has 0 aliphatic carbocycles. The highest BCUT2D eigenvalue weighted by molar-refractivity contribution is 6.31. The van der Waals surface area contributed by atoms with Crippen LogP contribution in [0.2, 0.25) is 0 Å². The molecule has 4 nitrogen and oxygen atoms in total. The van der Waals surface area contributed by atoms with E-state index in [-0.39, 0.29) is 5.78 Å². The van der Waals surface area contributed by atoms with Gasteiger partial charge in [0.15, 0.2) is 11.7 Å². The Bertz CT molecular complexity index is 507. The van der Waals surface area contributed by atoms with Crippen molar-refractivity contribution in [1.82, 2.24) is 0 Å². The van der Waals surface area contributed by atoms with Crippen molar-refractivity contribution in [3.05, 3.63) is 29.8 Å². The van der Waals surface area contributed by atoms with Crippen LogP contribution in [0.1, 0.15) is 24.2 Å². The number of hydrogen-bond acceptors (Lipinski definition) is 3. The fraction of sp³-hybridized carbons (Fsp3) is 0.308. The van der Waals surface area contributed by atoms with Crippen molar-refractivity contribution >= 4 is 23.2 Å². The van der Waals surface area contributed by atoms with Gasteiger partial charge in [-0.25, -0.2) is 0 Å². The molecular weight excluding hydrogens is 218 g/mol. The molecule has 1 heterocycles. The lowest BCUT2D eigenvalue weighted by atomic mass is 9.88. The molecule has 88 valence electrons. The van der Waals surface area contributed by atoms with Crippen molar-refractivity contribution in [1.29, 1.82) is 0 Å². The number of fused-ring (bicyclic) bond motifs is 1. The smallest absolute Gasteiger partial charge is 0.245 e. The van der Waals surface area contributed by atoms with E-state index in [1.165, 1.54) is 11.8 Å². The van der Waals surface area contributed by atoms with Gasteiger partial charge in [0.25, 0.3) is 0 Å². The van der Waals surface area contributed by atoms with Gasteiger partial charge in [-0.3, -0.25) is 14.4 Å². The molecule has 4 heteroatoms. The Labute approximate surface area is 99.2 Å². The number of hydrogen-bond donors (Lipinski definition) is 0. The Morgan fingerprint density at radius 3 is 2.53 bits per heavy atom. The number of anilines is 1. The van der Waals surface area contributed by atoms with Gasteiger partial charge >= 0.3 is 0 Å². The summed E-state index contributed by atoms with van der Waals surface area (Å²) in [6.45, 7) is 3.55. The number of Topliss-reactive ketones (excluding diaryl/α,β-unsaturated/α-hetero) is 2. The molecule has 0 N–H and O–H groups in total. The summed E-state index contributed by atoms with van der Waals surface area (Å²) < 4.78 is 0. The van der Waals surface area contributed by atoms with E-state index in [4.69, 9.17) is 0 Å². The minimum absolute atomic E-state index is 0.386. The summed E-state index contributed by atoms with van der Waals surface area (Å²) in [5, 5.41) is 0. The third-order valence-corrected chi connectivity index (χ3v) is 2.96. The quantitative estimate of drug-likeness (QED) is 0.724. The third kappa shape index (κ3) is 1.65. The fourth-order valence-corrected chi connectivity index (χ4v) is 2.14. The lowest BCUT2D eigenvalue weighted by Crippen LogP contribution is -2.47. The highest BCUT2D eigenvalue weighted by Crippen LogP contribution is 2.30. The van der Waals surface area contributed by atoms with Gasteiger partial charge in [0.1, 0.15) is 5.78 Å². The van der Waals surface area contributed by atoms with E-state index in [0.717, 1.165) is 0 Å². The molecule has 0 saturated carbocycles. The first kappa shape index (κ1) is 11.5. The lowest BCUT2D eigenvalue weighted by Gasteiger charge is -2.31. The van der Waals surface area contributed by atoms with Crippen LogP contribution in [0, 0.1) is 5.92 Å². The van der Waals surface area contributed by atoms with Gasteiger partial charge in [-0.15, -0.1) is 0 Å². The normalized spacial score (nSPS) is 19.2. The monoisotopic (exact) mass is 231 g/mol. The molecule has 0 radical (unpaired) electrons. The molecule has 0 saturated heterocycles. The molecular formula is C13H13NO3. The van der Waals surface area contributed by atoms with Gasteiger partial charge in [-0.2, -0.15) is 0 Å². The van der Waals surface area contributed by atoms with Crippen molar-refractivity contribution in [3.8, 4) is 0 Å². The molecule has 1 aromatic carbocycles. The summed E-state index contributed by atoms with van der Waals surface area (Å²) in [6, 6.07) is 6.89. The van der Waals surface area contributed by atoms with E-state index < -0.39 is 17.6 Å². The standard InChI is InChI=1S/C13H13NO3/c1-3-14-10-7-5-4-6-9(10)12(16)11(8(2)15)13(14)17/h4-7,11H,3H2,1-2H3. The number of amides is 1. The van der Waals surface area contributed by atoms with E-state index in [0.29, 0.717) is 17.8 Å². The van der Waals surface area contributed by atoms with Gasteiger partial charge in [0.2, 0.25) is 5.91 Å². The molecule has 1 atom stereocenters. The Hall–Kier alpha value is -1.97. The largest absolute Gasteiger partial charge is 0.311 e. The van der Waals surface area contributed by atoms with Crippen LogP contribution < -0.4 is 4.90 Å². The van der Waals surface area contributed by atoms with Crippen LogP contribution >= 0.6 is 0 Å². The summed E-state index contributed by atoms with van der Waals surface area (Å²) in [5.74, 6) is -2.36. The number of rotatable bonds is 2. The van der Waals surface area contributed by atoms with Crippen LogP contribution in [-0.2, 0) is 9.59 Å². The van der Waals surface area contributed by atoms with Gasteiger partial charge in [-0.05, 0) is 26.0 Å². The summed E-state index contributed by atoms with van der Waals surface area (Å²) in [7, 11) is 0. The molecule has 1 aromatic rings. The van der Waals surface area contributed by atoms with Crippen molar-refractivity contribution in [3.63, 3.8) is 0 Å². The predicted molar refractivity (Wildman–Crippen MR) is 63.0 cm³/mol. The first-order valence-corrected chi connectivity index (χ1v) is 5.53. The van der Waals surface area contributed by atoms with Crippen LogP contribution in [0.25, 0.3) is 0 Å². The van der Waals surface area contributed by atoms with Gasteiger partial charge in [0.05, 0.1) is 5.69 Å². The van der Waals surface area contributed by atoms with Crippen molar-refractivity contribution in [2.45, 2.75) is 13.8 Å². The van der Waals surface area contributed by atoms with Crippen molar-refractivity contribution in [2.75, 3.05) is 11.4 Å². The first-order chi connectivity index (χ1) is 8.07. The molecule has 0 bridgehead atoms. The SMILES string of the molecule is CCN1C(=O)C(C(C)=O)C(=O)c2ccccc21. The fourth-order valence-electron chi connectivity index (χ4n) is 2.14. The predicted octanol–water partition coefficient (Wildman–Crippen LogP) is 1.44. The molecule has 1 aliphatic rings. The lowest BCUT2D eigenvalue weighted by molar-refractivity contribution is -0.129. The molecule has 2 rings (SSSR count). The molecule has 1 unspecified atom stereocenters. The van der Waals surface area contributed by atoms with Crippen LogP contribution in [-0.4, -0.2) is 24.0 Å². The average molecular weight is 231 g/mol. The van der Waals surface area contributed by atoms with E-state index >= 15 is 0 Å². The van der Waals surface area contributed by atoms with E-state index in [9.17, 15) is 14.4 Å². The number of benzene rings is 1. The summed E-state index contributed by atoms with van der Waals surface area (Å²) in [5.41, 5.74) is 1.05. The van der Waals surface area contributed by atoms with Gasteiger partial charge < -0.3 is 4.90 Å². The highest BCUT2D eigenvalue weighted by atomic mass is 16.2. The maximum atomic E-state index is 12.1. The summed E-state index contributed by atoms with van der Waals surface area (Å²) >= 11 is 0. The molecule has 0 aromatic heterocycles. The molecule has 17 heavy (non-hydrogen) atoms. The van der Waals surface area contributed by atoms with E-state index in [1.807, 2.05) is 6.92 Å². The van der Waals surface area contributed by atoms with Crippen LogP contribution in [0.5, 0.6) is 0 Å². The molecule has 0 fully saturated rings. The minimum Gasteiger partial charge on any atom is -0.311 e. The number of ketones is 2. The number of nitrogens with zero attached hydrogens (tertiary/aromatic N) is 1. The van der Waals surface area contributed by atoms with Crippen LogP contribution in [0.4, 0.5) is 5.69 Å². The number of carbonyl (C=O) groups excluding carboxylic acids is 3. The highest BCUT2D eigenvalue weighted by Gasteiger charge is 2.41. The van der Waals surface area contributed by atoms with Crippen LogP contribution in [0.15, 0.2) is 24.3 Å². The Morgan fingerprint density at radius 2 is 1.94 bits per heavy atom. The van der Waals surface area contributed by atoms with Gasteiger partial charge in [-0.1, -0.05) is 12.1 Å². The molecule has 1 amide bonds. The van der Waals surface area contributed by atoms with Crippen molar-refractivity contribution in [2.24, 2.45) is 5.92 Å². The summed E-state index contributed by atoms with van der Waals surface area (Å²) in [6.07, 6.45) is 0. The minimum atomic E-state index is -1.16. The second-order valence-electron chi connectivity index (χ2n) is 4.01. The second kappa shape index (κ2) is 4.13. The third-order valence-electron chi connectivity index (χ3n) is 2.96. The zero-order valence-corrected chi connectivity index (χ0v) is 9.77.